The molecule has 1 N–H and O–H groups in total. The molecule has 6 rings (SSSR count). The smallest absolute Gasteiger partial charge is 0.280 e. The van der Waals surface area contributed by atoms with Gasteiger partial charge in [0.1, 0.15) is 5.82 Å². The van der Waals surface area contributed by atoms with E-state index in [0.717, 1.165) is 44.1 Å². The van der Waals surface area contributed by atoms with E-state index in [2.05, 4.69) is 44.3 Å². The maximum Gasteiger partial charge on any atom is 0.280 e. The van der Waals surface area contributed by atoms with Crippen LogP contribution in [0.5, 0.6) is 11.5 Å². The van der Waals surface area contributed by atoms with Crippen molar-refractivity contribution in [2.24, 2.45) is 11.8 Å². The van der Waals surface area contributed by atoms with Crippen LogP contribution in [0.25, 0.3) is 16.2 Å². The number of ether oxygens (including phenoxy) is 2. The summed E-state index contributed by atoms with van der Waals surface area (Å²) in [6, 6.07) is 11.2. The number of nitro groups is 1. The van der Waals surface area contributed by atoms with Crippen LogP contribution in [-0.4, -0.2) is 66.2 Å². The number of benzene rings is 2. The summed E-state index contributed by atoms with van der Waals surface area (Å²) in [6.07, 6.45) is 2.74. The number of nitro benzene ring substituents is 1. The summed E-state index contributed by atoms with van der Waals surface area (Å²) >= 11 is 1.55. The highest BCUT2D eigenvalue weighted by molar-refractivity contribution is 7.13. The predicted molar refractivity (Wildman–Crippen MR) is 146 cm³/mol. The van der Waals surface area contributed by atoms with Gasteiger partial charge in [0.25, 0.3) is 5.69 Å². The van der Waals surface area contributed by atoms with Crippen molar-refractivity contribution in [3.8, 4) is 11.5 Å². The maximum absolute atomic E-state index is 12.4. The fourth-order valence-corrected chi connectivity index (χ4v) is 5.95. The predicted octanol–water partition coefficient (Wildman–Crippen LogP) is 3.69. The Labute approximate surface area is 223 Å². The number of carbonyl (C=O) groups excluding carboxylic acids is 1. The molecule has 0 spiro atoms. The summed E-state index contributed by atoms with van der Waals surface area (Å²) in [5, 5.41) is 15.5. The largest absolute Gasteiger partial charge is 0.454 e. The monoisotopic (exact) mass is 533 g/mol. The molecular weight excluding hydrogens is 506 g/mol. The molecule has 1 aromatic heterocycles. The van der Waals surface area contributed by atoms with Crippen molar-refractivity contribution in [3.63, 3.8) is 0 Å². The van der Waals surface area contributed by atoms with Crippen LogP contribution in [0.1, 0.15) is 5.56 Å². The third-order valence-corrected chi connectivity index (χ3v) is 8.26. The molecule has 10 nitrogen and oxygen atoms in total. The topological polar surface area (TPSA) is 110 Å². The van der Waals surface area contributed by atoms with Gasteiger partial charge in [-0.2, -0.15) is 4.37 Å². The number of piperazine rings is 1. The summed E-state index contributed by atoms with van der Waals surface area (Å²) in [4.78, 5) is 28.2. The lowest BCUT2D eigenvalue weighted by molar-refractivity contribution is -0.385. The molecule has 2 fully saturated rings. The number of hydrogen-bond acceptors (Lipinski definition) is 9. The Balaban J connectivity index is 0.980. The number of aromatic nitrogens is 1. The lowest BCUT2D eigenvalue weighted by Gasteiger charge is -2.35. The summed E-state index contributed by atoms with van der Waals surface area (Å²) < 4.78 is 16.4. The zero-order valence-electron chi connectivity index (χ0n) is 20.7. The molecule has 1 saturated carbocycles. The third-order valence-electron chi connectivity index (χ3n) is 7.44. The average molecular weight is 534 g/mol. The van der Waals surface area contributed by atoms with E-state index in [1.165, 1.54) is 34.4 Å². The first-order chi connectivity index (χ1) is 18.5. The molecule has 2 atom stereocenters. The van der Waals surface area contributed by atoms with Crippen molar-refractivity contribution in [1.29, 1.82) is 0 Å². The zero-order valence-corrected chi connectivity index (χ0v) is 21.5. The van der Waals surface area contributed by atoms with Gasteiger partial charge in [-0.05, 0) is 35.8 Å². The van der Waals surface area contributed by atoms with E-state index in [9.17, 15) is 14.9 Å². The van der Waals surface area contributed by atoms with Gasteiger partial charge in [-0.25, -0.2) is 0 Å². The molecule has 38 heavy (non-hydrogen) atoms. The Morgan fingerprint density at radius 1 is 1.18 bits per heavy atom. The fraction of sp³-hybridized carbons (Fsp3) is 0.333. The standard InChI is InChI=1S/C27H27N5O5S/c1-17-20(14-28-26(33)7-6-18-12-23-24(37-16-36-23)13-22(18)32(34)35)21(17)15-30-8-10-31(11-9-30)27-19-4-2-3-5-25(19)38-29-27/h2-7,12-13,20-21H,1,8-11,14-16H2,(H,28,33)/t20-,21-/m0/s1. The Bertz CT molecular complexity index is 1440. The van der Waals surface area contributed by atoms with Gasteiger partial charge in [-0.15, -0.1) is 0 Å². The van der Waals surface area contributed by atoms with Crippen molar-refractivity contribution in [1.82, 2.24) is 14.6 Å². The molecule has 11 heteroatoms. The average Bonchev–Trinajstić information content (AvgIpc) is 3.28. The van der Waals surface area contributed by atoms with Gasteiger partial charge in [0.2, 0.25) is 12.7 Å². The van der Waals surface area contributed by atoms with Crippen molar-refractivity contribution in [3.05, 3.63) is 70.3 Å². The normalized spacial score (nSPS) is 20.8. The molecule has 2 aromatic carbocycles. The highest BCUT2D eigenvalue weighted by atomic mass is 32.1. The molecule has 0 radical (unpaired) electrons. The third kappa shape index (κ3) is 4.82. The lowest BCUT2D eigenvalue weighted by Crippen LogP contribution is -2.47. The molecule has 2 aliphatic heterocycles. The molecular formula is C27H27N5O5S. The van der Waals surface area contributed by atoms with E-state index < -0.39 is 4.92 Å². The number of nitrogens with zero attached hydrogens (tertiary/aromatic N) is 4. The molecule has 1 amide bonds. The van der Waals surface area contributed by atoms with E-state index in [4.69, 9.17) is 9.47 Å². The zero-order chi connectivity index (χ0) is 26.2. The van der Waals surface area contributed by atoms with Crippen LogP contribution in [0.2, 0.25) is 0 Å². The Kier molecular flexibility index (Phi) is 6.46. The summed E-state index contributed by atoms with van der Waals surface area (Å²) in [5.74, 6) is 2.14. The minimum absolute atomic E-state index is 0.0191. The molecule has 196 valence electrons. The molecule has 3 heterocycles. The van der Waals surface area contributed by atoms with Crippen LogP contribution in [-0.2, 0) is 4.79 Å². The number of rotatable bonds is 8. The SMILES string of the molecule is C=C1[C@H](CNC(=O)C=Cc2cc3c(cc2[N+](=O)[O-])OCO3)[C@H]1CN1CCN(c2nsc3ccccc23)CC1. The summed E-state index contributed by atoms with van der Waals surface area (Å²) in [5.41, 5.74) is 1.30. The van der Waals surface area contributed by atoms with Crippen molar-refractivity contribution in [2.45, 2.75) is 0 Å². The van der Waals surface area contributed by atoms with Crippen LogP contribution in [0, 0.1) is 22.0 Å². The Morgan fingerprint density at radius 3 is 2.74 bits per heavy atom. The van der Waals surface area contributed by atoms with E-state index in [-0.39, 0.29) is 29.9 Å². The van der Waals surface area contributed by atoms with Gasteiger partial charge in [0.05, 0.1) is 21.3 Å². The molecule has 1 saturated heterocycles. The summed E-state index contributed by atoms with van der Waals surface area (Å²) in [7, 11) is 0. The van der Waals surface area contributed by atoms with Gasteiger partial charge < -0.3 is 19.7 Å². The molecule has 0 unspecified atom stereocenters. The van der Waals surface area contributed by atoms with Crippen LogP contribution in [0.15, 0.2) is 54.6 Å². The Hall–Kier alpha value is -3.96. The first kappa shape index (κ1) is 24.4. The maximum atomic E-state index is 12.4. The highest BCUT2D eigenvalue weighted by Crippen LogP contribution is 2.44. The highest BCUT2D eigenvalue weighted by Gasteiger charge is 2.43. The lowest BCUT2D eigenvalue weighted by atomic mass is 10.1. The summed E-state index contributed by atoms with van der Waals surface area (Å²) in [6.45, 7) is 9.46. The first-order valence-electron chi connectivity index (χ1n) is 12.5. The van der Waals surface area contributed by atoms with Crippen molar-refractivity contribution < 1.29 is 19.2 Å². The van der Waals surface area contributed by atoms with Crippen LogP contribution < -0.4 is 19.7 Å². The van der Waals surface area contributed by atoms with Crippen LogP contribution in [0.4, 0.5) is 11.5 Å². The van der Waals surface area contributed by atoms with Gasteiger partial charge in [-0.3, -0.25) is 19.8 Å². The number of fused-ring (bicyclic) bond motifs is 2. The van der Waals surface area contributed by atoms with Crippen molar-refractivity contribution in [2.75, 3.05) is 51.0 Å². The fourth-order valence-electron chi connectivity index (χ4n) is 5.16. The number of nitrogens with one attached hydrogen (secondary N) is 1. The van der Waals surface area contributed by atoms with Crippen molar-refractivity contribution >= 4 is 45.1 Å². The second-order valence-corrected chi connectivity index (χ2v) is 10.5. The number of amides is 1. The minimum atomic E-state index is -0.503. The van der Waals surface area contributed by atoms with E-state index in [1.54, 1.807) is 11.5 Å². The molecule has 0 bridgehead atoms. The minimum Gasteiger partial charge on any atom is -0.454 e. The number of anilines is 1. The number of carbonyl (C=O) groups is 1. The molecule has 3 aromatic rings. The van der Waals surface area contributed by atoms with Crippen LogP contribution in [0.3, 0.4) is 0 Å². The second kappa shape index (κ2) is 10.1. The van der Waals surface area contributed by atoms with E-state index in [1.807, 2.05) is 6.07 Å². The van der Waals surface area contributed by atoms with E-state index in [0.29, 0.717) is 24.0 Å². The number of hydrogen-bond donors (Lipinski definition) is 1. The second-order valence-electron chi connectivity index (χ2n) is 9.68. The first-order valence-corrected chi connectivity index (χ1v) is 13.3. The van der Waals surface area contributed by atoms with E-state index >= 15 is 0 Å². The van der Waals surface area contributed by atoms with Gasteiger partial charge in [-0.1, -0.05) is 24.3 Å². The van der Waals surface area contributed by atoms with Gasteiger partial charge in [0.15, 0.2) is 11.5 Å². The molecule has 3 aliphatic rings. The van der Waals surface area contributed by atoms with Gasteiger partial charge >= 0.3 is 0 Å². The molecule has 1 aliphatic carbocycles. The quantitative estimate of drug-likeness (QED) is 0.202. The van der Waals surface area contributed by atoms with Gasteiger partial charge in [0, 0.05) is 62.6 Å². The van der Waals surface area contributed by atoms with Crippen LogP contribution >= 0.6 is 11.5 Å². The Morgan fingerprint density at radius 2 is 1.95 bits per heavy atom.